The Morgan fingerprint density at radius 2 is 1.74 bits per heavy atom. The number of hydrazone groups is 1. The van der Waals surface area contributed by atoms with Crippen LogP contribution >= 0.6 is 0 Å². The largest absolute Gasteiger partial charge is 0.457 e. The van der Waals surface area contributed by atoms with Crippen LogP contribution in [0.5, 0.6) is 11.5 Å². The maximum absolute atomic E-state index is 6.24. The van der Waals surface area contributed by atoms with Gasteiger partial charge in [0.2, 0.25) is 0 Å². The summed E-state index contributed by atoms with van der Waals surface area (Å²) in [5, 5.41) is 3.95. The molecule has 2 aromatic rings. The van der Waals surface area contributed by atoms with E-state index in [9.17, 15) is 0 Å². The van der Waals surface area contributed by atoms with Crippen LogP contribution < -0.4 is 21.4 Å². The first-order valence-electron chi connectivity index (χ1n) is 7.12. The Kier molecular flexibility index (Phi) is 4.24. The summed E-state index contributed by atoms with van der Waals surface area (Å²) in [6.45, 7) is 0. The summed E-state index contributed by atoms with van der Waals surface area (Å²) in [5.74, 6) is 2.18. The van der Waals surface area contributed by atoms with E-state index in [2.05, 4.69) is 21.1 Å². The molecule has 6 nitrogen and oxygen atoms in total. The summed E-state index contributed by atoms with van der Waals surface area (Å²) in [6, 6.07) is 17.2. The van der Waals surface area contributed by atoms with Crippen molar-refractivity contribution in [2.45, 2.75) is 0 Å². The Hall–Kier alpha value is -3.28. The van der Waals surface area contributed by atoms with Gasteiger partial charge in [0.15, 0.2) is 5.84 Å². The highest BCUT2D eigenvalue weighted by Crippen LogP contribution is 2.23. The lowest BCUT2D eigenvalue weighted by Gasteiger charge is -2.16. The van der Waals surface area contributed by atoms with Crippen LogP contribution in [0.3, 0.4) is 0 Å². The van der Waals surface area contributed by atoms with E-state index in [-0.39, 0.29) is 0 Å². The molecule has 0 saturated carbocycles. The molecule has 0 atom stereocenters. The van der Waals surface area contributed by atoms with E-state index in [0.717, 1.165) is 22.6 Å². The van der Waals surface area contributed by atoms with Gasteiger partial charge in [-0.05, 0) is 42.0 Å². The summed E-state index contributed by atoms with van der Waals surface area (Å²) >= 11 is 0. The Morgan fingerprint density at radius 3 is 2.43 bits per heavy atom. The molecule has 4 N–H and O–H groups in total. The number of amidine groups is 1. The fourth-order valence-electron chi connectivity index (χ4n) is 2.17. The van der Waals surface area contributed by atoms with Crippen LogP contribution in [-0.4, -0.2) is 19.1 Å². The van der Waals surface area contributed by atoms with Crippen LogP contribution in [0.1, 0.15) is 5.56 Å². The number of hydrazine groups is 1. The Balaban J connectivity index is 1.84. The lowest BCUT2D eigenvalue weighted by atomic mass is 10.1. The molecule has 1 aliphatic heterocycles. The molecule has 1 heterocycles. The fourth-order valence-corrected chi connectivity index (χ4v) is 2.17. The average molecular weight is 307 g/mol. The van der Waals surface area contributed by atoms with Gasteiger partial charge >= 0.3 is 0 Å². The number of aliphatic imine (C=N–C) groups is 1. The van der Waals surface area contributed by atoms with Gasteiger partial charge in [-0.3, -0.25) is 10.4 Å². The highest BCUT2D eigenvalue weighted by molar-refractivity contribution is 6.20. The van der Waals surface area contributed by atoms with E-state index in [1.165, 1.54) is 0 Å². The summed E-state index contributed by atoms with van der Waals surface area (Å²) in [7, 11) is 1.69. The van der Waals surface area contributed by atoms with Gasteiger partial charge in [0.05, 0.1) is 17.5 Å². The minimum Gasteiger partial charge on any atom is -0.457 e. The van der Waals surface area contributed by atoms with Gasteiger partial charge in [0.25, 0.3) is 0 Å². The van der Waals surface area contributed by atoms with E-state index in [4.69, 9.17) is 10.5 Å². The van der Waals surface area contributed by atoms with Crippen molar-refractivity contribution >= 4 is 17.7 Å². The number of ether oxygens (including phenoxy) is 1. The molecule has 0 saturated heterocycles. The van der Waals surface area contributed by atoms with Crippen LogP contribution in [0.2, 0.25) is 0 Å². The number of nitrogens with one attached hydrogen (secondary N) is 2. The molecular formula is C17H17N5O. The molecule has 1 aliphatic rings. The second-order valence-electron chi connectivity index (χ2n) is 4.83. The zero-order chi connectivity index (χ0) is 16.1. The number of rotatable bonds is 3. The molecule has 0 bridgehead atoms. The summed E-state index contributed by atoms with van der Waals surface area (Å²) in [4.78, 5) is 4.14. The molecule has 3 rings (SSSR count). The van der Waals surface area contributed by atoms with Crippen molar-refractivity contribution in [2.75, 3.05) is 7.05 Å². The number of benzene rings is 2. The molecule has 0 aromatic heterocycles. The molecule has 0 fully saturated rings. The Labute approximate surface area is 134 Å². The standard InChI is InChI=1S/C17H17N5O/c1-19-17-15(11-20-22-21-17)16(18)12-7-9-14(10-8-12)23-13-5-3-2-4-6-13/h2-11,22H,18H2,1H3,(H,19,21). The molecule has 2 aromatic carbocycles. The zero-order valence-electron chi connectivity index (χ0n) is 12.7. The number of hydrogen-bond donors (Lipinski definition) is 3. The molecule has 0 radical (unpaired) electrons. The minimum absolute atomic E-state index is 0.592. The van der Waals surface area contributed by atoms with E-state index in [1.807, 2.05) is 54.6 Å². The first-order valence-corrected chi connectivity index (χ1v) is 7.12. The minimum atomic E-state index is 0.592. The fraction of sp³-hybridized carbons (Fsp3) is 0.0588. The Bertz CT molecular complexity index is 763. The van der Waals surface area contributed by atoms with Crippen molar-refractivity contribution < 1.29 is 4.74 Å². The van der Waals surface area contributed by atoms with Crippen molar-refractivity contribution in [2.24, 2.45) is 15.8 Å². The lowest BCUT2D eigenvalue weighted by molar-refractivity contribution is 0.482. The third kappa shape index (κ3) is 3.32. The molecule has 23 heavy (non-hydrogen) atoms. The number of nitrogens with two attached hydrogens (primary N) is 1. The summed E-state index contributed by atoms with van der Waals surface area (Å²) in [5.41, 5.74) is 13.9. The van der Waals surface area contributed by atoms with Crippen LogP contribution in [0, 0.1) is 0 Å². The van der Waals surface area contributed by atoms with Gasteiger partial charge in [-0.25, -0.2) is 5.53 Å². The Morgan fingerprint density at radius 1 is 1.04 bits per heavy atom. The van der Waals surface area contributed by atoms with Gasteiger partial charge in [-0.2, -0.15) is 5.10 Å². The predicted molar refractivity (Wildman–Crippen MR) is 92.2 cm³/mol. The van der Waals surface area contributed by atoms with Crippen LogP contribution in [0.15, 0.2) is 70.3 Å². The molecule has 0 unspecified atom stereocenters. The van der Waals surface area contributed by atoms with Gasteiger partial charge in [0.1, 0.15) is 11.5 Å². The van der Waals surface area contributed by atoms with Crippen LogP contribution in [0.25, 0.3) is 5.70 Å². The highest BCUT2D eigenvalue weighted by atomic mass is 16.5. The average Bonchev–Trinajstić information content (AvgIpc) is 2.62. The van der Waals surface area contributed by atoms with Gasteiger partial charge < -0.3 is 10.5 Å². The molecule has 0 aliphatic carbocycles. The number of para-hydroxylation sites is 1. The molecule has 116 valence electrons. The second-order valence-corrected chi connectivity index (χ2v) is 4.83. The number of nitrogens with zero attached hydrogens (tertiary/aromatic N) is 2. The van der Waals surface area contributed by atoms with E-state index < -0.39 is 0 Å². The molecule has 0 amide bonds. The van der Waals surface area contributed by atoms with Crippen LogP contribution in [0.4, 0.5) is 0 Å². The molecular weight excluding hydrogens is 290 g/mol. The topological polar surface area (TPSA) is 84.0 Å². The van der Waals surface area contributed by atoms with Crippen molar-refractivity contribution in [3.05, 3.63) is 65.7 Å². The van der Waals surface area contributed by atoms with Crippen molar-refractivity contribution in [1.82, 2.24) is 11.0 Å². The zero-order valence-corrected chi connectivity index (χ0v) is 12.7. The van der Waals surface area contributed by atoms with Crippen molar-refractivity contribution in [1.29, 1.82) is 0 Å². The predicted octanol–water partition coefficient (Wildman–Crippen LogP) is 2.27. The van der Waals surface area contributed by atoms with Crippen molar-refractivity contribution in [3.8, 4) is 11.5 Å². The van der Waals surface area contributed by atoms with Crippen molar-refractivity contribution in [3.63, 3.8) is 0 Å². The van der Waals surface area contributed by atoms with Gasteiger partial charge in [-0.1, -0.05) is 18.2 Å². The molecule has 0 spiro atoms. The normalized spacial score (nSPS) is 17.3. The van der Waals surface area contributed by atoms with E-state index in [0.29, 0.717) is 11.5 Å². The summed E-state index contributed by atoms with van der Waals surface area (Å²) in [6.07, 6.45) is 1.64. The first-order chi connectivity index (χ1) is 11.3. The lowest BCUT2D eigenvalue weighted by Crippen LogP contribution is -2.40. The quantitative estimate of drug-likeness (QED) is 0.812. The second kappa shape index (κ2) is 6.65. The third-order valence-electron chi connectivity index (χ3n) is 3.35. The highest BCUT2D eigenvalue weighted by Gasteiger charge is 2.13. The van der Waals surface area contributed by atoms with E-state index in [1.54, 1.807) is 13.3 Å². The van der Waals surface area contributed by atoms with Crippen LogP contribution in [-0.2, 0) is 0 Å². The maximum atomic E-state index is 6.24. The number of hydrogen-bond acceptors (Lipinski definition) is 5. The van der Waals surface area contributed by atoms with E-state index >= 15 is 0 Å². The summed E-state index contributed by atoms with van der Waals surface area (Å²) < 4.78 is 5.77. The van der Waals surface area contributed by atoms with Gasteiger partial charge in [0, 0.05) is 7.05 Å². The SMILES string of the molecule is CN=C1NNN=CC1=C(N)c1ccc(Oc2ccccc2)cc1. The monoisotopic (exact) mass is 307 g/mol. The maximum Gasteiger partial charge on any atom is 0.151 e. The third-order valence-corrected chi connectivity index (χ3v) is 3.35. The molecule has 6 heteroatoms. The first kappa shape index (κ1) is 14.6. The smallest absolute Gasteiger partial charge is 0.151 e. The van der Waals surface area contributed by atoms with Gasteiger partial charge in [-0.15, -0.1) is 0 Å².